The van der Waals surface area contributed by atoms with E-state index in [0.717, 1.165) is 30.6 Å². The van der Waals surface area contributed by atoms with Gasteiger partial charge in [0.2, 0.25) is 0 Å². The molecule has 28 heavy (non-hydrogen) atoms. The van der Waals surface area contributed by atoms with Crippen LogP contribution in [0.1, 0.15) is 31.2 Å². The molecular formula is C19H27N3O5S. The first-order valence-corrected chi connectivity index (χ1v) is 10.3. The van der Waals surface area contributed by atoms with Gasteiger partial charge in [0, 0.05) is 17.4 Å². The number of carboxylic acids is 2. The van der Waals surface area contributed by atoms with E-state index >= 15 is 0 Å². The van der Waals surface area contributed by atoms with Crippen molar-refractivity contribution < 1.29 is 24.6 Å². The fraction of sp³-hybridized carbons (Fsp3) is 0.526. The molecule has 2 amide bonds. The zero-order chi connectivity index (χ0) is 20.5. The number of hydrogen-bond acceptors (Lipinski definition) is 5. The van der Waals surface area contributed by atoms with Gasteiger partial charge in [-0.25, -0.2) is 4.79 Å². The molecule has 3 rings (SSSR count). The second-order valence-electron chi connectivity index (χ2n) is 6.90. The number of hydrogen-bond donors (Lipinski definition) is 5. The summed E-state index contributed by atoms with van der Waals surface area (Å²) in [6.07, 6.45) is 3.27. The molecule has 0 unspecified atom stereocenters. The van der Waals surface area contributed by atoms with E-state index in [2.05, 4.69) is 10.6 Å². The summed E-state index contributed by atoms with van der Waals surface area (Å²) in [5, 5.41) is 23.3. The number of urea groups is 1. The smallest absolute Gasteiger partial charge is 0.320 e. The maximum atomic E-state index is 11.1. The quantitative estimate of drug-likeness (QED) is 0.323. The van der Waals surface area contributed by atoms with Gasteiger partial charge in [0.05, 0.1) is 12.1 Å². The van der Waals surface area contributed by atoms with Gasteiger partial charge in [-0.15, -0.1) is 0 Å². The molecule has 0 spiro atoms. The largest absolute Gasteiger partial charge is 0.481 e. The van der Waals surface area contributed by atoms with Crippen molar-refractivity contribution in [2.75, 3.05) is 5.75 Å². The number of carbonyl (C=O) groups excluding carboxylic acids is 1. The van der Waals surface area contributed by atoms with Crippen LogP contribution in [0.3, 0.4) is 0 Å². The molecule has 2 heterocycles. The second kappa shape index (κ2) is 10.9. The third kappa shape index (κ3) is 7.05. The highest BCUT2D eigenvalue weighted by molar-refractivity contribution is 8.00. The number of fused-ring (bicyclic) bond motifs is 1. The van der Waals surface area contributed by atoms with Crippen LogP contribution in [0.15, 0.2) is 30.3 Å². The minimum atomic E-state index is -0.959. The zero-order valence-electron chi connectivity index (χ0n) is 15.5. The Morgan fingerprint density at radius 3 is 2.54 bits per heavy atom. The number of amides is 2. The van der Waals surface area contributed by atoms with Crippen molar-refractivity contribution in [2.24, 2.45) is 5.73 Å². The lowest BCUT2D eigenvalue weighted by Gasteiger charge is -2.16. The number of aliphatic carboxylic acids is 2. The molecule has 0 bridgehead atoms. The molecule has 4 atom stereocenters. The molecule has 0 aliphatic carbocycles. The van der Waals surface area contributed by atoms with Crippen molar-refractivity contribution in [3.05, 3.63) is 35.9 Å². The average molecular weight is 410 g/mol. The predicted octanol–water partition coefficient (Wildman–Crippen LogP) is 1.44. The van der Waals surface area contributed by atoms with E-state index in [1.807, 2.05) is 42.1 Å². The van der Waals surface area contributed by atoms with Gasteiger partial charge in [-0.05, 0) is 24.8 Å². The summed E-state index contributed by atoms with van der Waals surface area (Å²) in [7, 11) is 0. The molecule has 2 aliphatic rings. The summed E-state index contributed by atoms with van der Waals surface area (Å²) in [4.78, 5) is 31.8. The normalized spacial score (nSPS) is 23.6. The number of thioether (sulfide) groups is 1. The van der Waals surface area contributed by atoms with Crippen LogP contribution < -0.4 is 16.4 Å². The summed E-state index contributed by atoms with van der Waals surface area (Å²) in [5.41, 5.74) is 6.30. The van der Waals surface area contributed by atoms with Crippen molar-refractivity contribution in [1.29, 1.82) is 0 Å². The Bertz CT molecular complexity index is 673. The fourth-order valence-corrected chi connectivity index (χ4v) is 4.76. The van der Waals surface area contributed by atoms with Gasteiger partial charge in [0.25, 0.3) is 0 Å². The summed E-state index contributed by atoms with van der Waals surface area (Å²) in [5.74, 6) is -0.723. The topological polar surface area (TPSA) is 142 Å². The van der Waals surface area contributed by atoms with Gasteiger partial charge in [-0.3, -0.25) is 9.59 Å². The van der Waals surface area contributed by atoms with Crippen molar-refractivity contribution >= 4 is 29.7 Å². The Morgan fingerprint density at radius 2 is 1.89 bits per heavy atom. The third-order valence-electron chi connectivity index (χ3n) is 4.68. The molecule has 1 aromatic rings. The SMILES string of the molecule is N[C@@H](Cc1ccccc1)C(=O)O.O=C(O)CCCC[C@@H]1SC[C@@H]2NC(=O)N[C@@H]21. The Balaban J connectivity index is 0.000000209. The molecule has 154 valence electrons. The summed E-state index contributed by atoms with van der Waals surface area (Å²) in [6, 6.07) is 8.98. The Labute approximate surface area is 168 Å². The molecule has 2 saturated heterocycles. The highest BCUT2D eigenvalue weighted by Crippen LogP contribution is 2.33. The molecule has 0 saturated carbocycles. The van der Waals surface area contributed by atoms with Crippen LogP contribution in [0.25, 0.3) is 0 Å². The first kappa shape index (κ1) is 22.0. The minimum Gasteiger partial charge on any atom is -0.481 e. The lowest BCUT2D eigenvalue weighted by molar-refractivity contribution is -0.139. The van der Waals surface area contributed by atoms with Crippen LogP contribution in [0, 0.1) is 0 Å². The van der Waals surface area contributed by atoms with Gasteiger partial charge in [-0.2, -0.15) is 11.8 Å². The molecule has 1 aromatic carbocycles. The summed E-state index contributed by atoms with van der Waals surface area (Å²) >= 11 is 1.87. The Kier molecular flexibility index (Phi) is 8.59. The minimum absolute atomic E-state index is 0.0640. The molecule has 9 heteroatoms. The van der Waals surface area contributed by atoms with E-state index in [-0.39, 0.29) is 24.5 Å². The van der Waals surface area contributed by atoms with Crippen LogP contribution in [-0.4, -0.2) is 57.3 Å². The fourth-order valence-electron chi connectivity index (χ4n) is 3.22. The molecule has 6 N–H and O–H groups in total. The monoisotopic (exact) mass is 409 g/mol. The van der Waals surface area contributed by atoms with Gasteiger partial charge in [0.15, 0.2) is 0 Å². The number of nitrogens with two attached hydrogens (primary N) is 1. The van der Waals surface area contributed by atoms with E-state index in [1.165, 1.54) is 0 Å². The summed E-state index contributed by atoms with van der Waals surface area (Å²) in [6.45, 7) is 0. The van der Waals surface area contributed by atoms with E-state index in [4.69, 9.17) is 15.9 Å². The number of nitrogens with one attached hydrogen (secondary N) is 2. The van der Waals surface area contributed by atoms with Crippen LogP contribution in [0.2, 0.25) is 0 Å². The maximum absolute atomic E-state index is 11.1. The molecule has 2 aliphatic heterocycles. The molecule has 0 radical (unpaired) electrons. The number of carbonyl (C=O) groups is 3. The van der Waals surface area contributed by atoms with Gasteiger partial charge < -0.3 is 26.6 Å². The van der Waals surface area contributed by atoms with E-state index in [0.29, 0.717) is 11.7 Å². The predicted molar refractivity (Wildman–Crippen MR) is 107 cm³/mol. The van der Waals surface area contributed by atoms with Crippen LogP contribution in [0.5, 0.6) is 0 Å². The highest BCUT2D eigenvalue weighted by Gasteiger charge is 2.42. The lowest BCUT2D eigenvalue weighted by atomic mass is 10.0. The first-order valence-electron chi connectivity index (χ1n) is 9.29. The second-order valence-corrected chi connectivity index (χ2v) is 8.17. The zero-order valence-corrected chi connectivity index (χ0v) is 16.4. The number of benzene rings is 1. The van der Waals surface area contributed by atoms with Crippen molar-refractivity contribution in [3.63, 3.8) is 0 Å². The summed E-state index contributed by atoms with van der Waals surface area (Å²) < 4.78 is 0. The number of rotatable bonds is 8. The van der Waals surface area contributed by atoms with Crippen molar-refractivity contribution in [2.45, 2.75) is 55.5 Å². The van der Waals surface area contributed by atoms with Gasteiger partial charge in [0.1, 0.15) is 6.04 Å². The molecule has 2 fully saturated rings. The van der Waals surface area contributed by atoms with Crippen LogP contribution >= 0.6 is 11.8 Å². The standard InChI is InChI=1S/C10H16N2O3S.C9H11NO2/c13-8(14)4-2-1-3-7-9-6(5-16-7)11-10(15)12-9;10-8(9(11)12)6-7-4-2-1-3-5-7/h6-7,9H,1-5H2,(H,13,14)(H2,11,12,15);1-5,8H,6,10H2,(H,11,12)/t6-,7-,9-;8-/m00/s1. The van der Waals surface area contributed by atoms with Gasteiger partial charge in [-0.1, -0.05) is 36.8 Å². The maximum Gasteiger partial charge on any atom is 0.320 e. The van der Waals surface area contributed by atoms with E-state index < -0.39 is 18.0 Å². The molecule has 8 nitrogen and oxygen atoms in total. The number of carboxylic acid groups (broad SMARTS) is 2. The Morgan fingerprint density at radius 1 is 1.18 bits per heavy atom. The van der Waals surface area contributed by atoms with E-state index in [9.17, 15) is 14.4 Å². The average Bonchev–Trinajstić information content (AvgIpc) is 3.19. The number of unbranched alkanes of at least 4 members (excludes halogenated alkanes) is 1. The van der Waals surface area contributed by atoms with Gasteiger partial charge >= 0.3 is 18.0 Å². The first-order chi connectivity index (χ1) is 13.4. The third-order valence-corrected chi connectivity index (χ3v) is 6.19. The van der Waals surface area contributed by atoms with Crippen molar-refractivity contribution in [1.82, 2.24) is 10.6 Å². The Hall–Kier alpha value is -2.26. The van der Waals surface area contributed by atoms with E-state index in [1.54, 1.807) is 0 Å². The van der Waals surface area contributed by atoms with Crippen molar-refractivity contribution in [3.8, 4) is 0 Å². The lowest BCUT2D eigenvalue weighted by Crippen LogP contribution is -2.36. The highest BCUT2D eigenvalue weighted by atomic mass is 32.2. The molecular weight excluding hydrogens is 382 g/mol. The van der Waals surface area contributed by atoms with Crippen LogP contribution in [0.4, 0.5) is 4.79 Å². The molecule has 0 aromatic heterocycles. The van der Waals surface area contributed by atoms with Crippen LogP contribution in [-0.2, 0) is 16.0 Å².